The van der Waals surface area contributed by atoms with Crippen molar-refractivity contribution in [3.63, 3.8) is 0 Å². The van der Waals surface area contributed by atoms with Crippen LogP contribution < -0.4 is 5.32 Å². The molecule has 0 radical (unpaired) electrons. The van der Waals surface area contributed by atoms with Gasteiger partial charge in [0.1, 0.15) is 5.78 Å². The Morgan fingerprint density at radius 2 is 2.06 bits per heavy atom. The molecule has 0 heterocycles. The van der Waals surface area contributed by atoms with E-state index in [9.17, 15) is 19.7 Å². The molecule has 0 aliphatic heterocycles. The highest BCUT2D eigenvalue weighted by atomic mass is 16.6. The third kappa shape index (κ3) is 2.77. The molecule has 1 N–H and O–H groups in total. The Labute approximate surface area is 98.5 Å². The van der Waals surface area contributed by atoms with Crippen molar-refractivity contribution in [3.05, 3.63) is 34.0 Å². The lowest BCUT2D eigenvalue weighted by molar-refractivity contribution is -0.419. The van der Waals surface area contributed by atoms with Crippen LogP contribution in [-0.2, 0) is 9.59 Å². The van der Waals surface area contributed by atoms with Crippen LogP contribution in [0.4, 0.5) is 0 Å². The highest BCUT2D eigenvalue weighted by Gasteiger charge is 2.39. The first-order chi connectivity index (χ1) is 7.76. The standard InChI is InChI=1S/C11H14N2O4/c1-7(14)10-5-4-9(13(16)17)6-11(10,3)12-8(2)15/h4-6,10H,1-3H3,(H,12,15). The summed E-state index contributed by atoms with van der Waals surface area (Å²) in [7, 11) is 0. The molecular weight excluding hydrogens is 224 g/mol. The molecule has 0 saturated carbocycles. The molecule has 1 amide bonds. The second kappa shape index (κ2) is 4.48. The summed E-state index contributed by atoms with van der Waals surface area (Å²) in [5.74, 6) is -1.08. The number of nitro groups is 1. The van der Waals surface area contributed by atoms with Gasteiger partial charge in [0.2, 0.25) is 5.91 Å². The van der Waals surface area contributed by atoms with Gasteiger partial charge in [-0.2, -0.15) is 0 Å². The van der Waals surface area contributed by atoms with Crippen LogP contribution in [0.5, 0.6) is 0 Å². The second-order valence-corrected chi connectivity index (χ2v) is 4.24. The van der Waals surface area contributed by atoms with E-state index in [0.717, 1.165) is 0 Å². The molecule has 17 heavy (non-hydrogen) atoms. The SMILES string of the molecule is CC(=O)NC1(C)C=C([N+](=O)[O-])C=CC1C(C)=O. The normalized spacial score (nSPS) is 27.2. The number of nitrogens with zero attached hydrogens (tertiary/aromatic N) is 1. The zero-order chi connectivity index (χ0) is 13.2. The molecule has 0 aromatic carbocycles. The van der Waals surface area contributed by atoms with Crippen LogP contribution in [0.25, 0.3) is 0 Å². The lowest BCUT2D eigenvalue weighted by Gasteiger charge is -2.33. The maximum absolute atomic E-state index is 11.5. The molecule has 1 aliphatic rings. The van der Waals surface area contributed by atoms with Gasteiger partial charge in [0.25, 0.3) is 5.70 Å². The second-order valence-electron chi connectivity index (χ2n) is 4.24. The molecule has 0 spiro atoms. The first kappa shape index (κ1) is 13.1. The molecule has 6 heteroatoms. The summed E-state index contributed by atoms with van der Waals surface area (Å²) in [6.45, 7) is 4.29. The number of carbonyl (C=O) groups excluding carboxylic acids is 2. The van der Waals surface area contributed by atoms with Gasteiger partial charge in [0.05, 0.1) is 16.4 Å². The van der Waals surface area contributed by atoms with Crippen molar-refractivity contribution in [2.75, 3.05) is 0 Å². The lowest BCUT2D eigenvalue weighted by Crippen LogP contribution is -2.52. The highest BCUT2D eigenvalue weighted by Crippen LogP contribution is 2.28. The number of hydrogen-bond acceptors (Lipinski definition) is 4. The van der Waals surface area contributed by atoms with E-state index in [4.69, 9.17) is 0 Å². The maximum Gasteiger partial charge on any atom is 0.267 e. The van der Waals surface area contributed by atoms with Gasteiger partial charge >= 0.3 is 0 Å². The van der Waals surface area contributed by atoms with E-state index < -0.39 is 16.4 Å². The van der Waals surface area contributed by atoms with E-state index in [2.05, 4.69) is 5.32 Å². The number of hydrogen-bond donors (Lipinski definition) is 1. The average molecular weight is 238 g/mol. The van der Waals surface area contributed by atoms with Crippen LogP contribution in [0.15, 0.2) is 23.9 Å². The van der Waals surface area contributed by atoms with E-state index in [-0.39, 0.29) is 17.4 Å². The zero-order valence-corrected chi connectivity index (χ0v) is 9.89. The van der Waals surface area contributed by atoms with Crippen LogP contribution in [-0.4, -0.2) is 22.2 Å². The number of Topliss-reactive ketones (excluding diaryl/α,β-unsaturated/α-hetero) is 1. The topological polar surface area (TPSA) is 89.3 Å². The molecule has 0 aromatic heterocycles. The molecule has 0 bridgehead atoms. The number of rotatable bonds is 3. The number of ketones is 1. The van der Waals surface area contributed by atoms with Crippen LogP contribution in [0.3, 0.4) is 0 Å². The smallest absolute Gasteiger partial charge is 0.267 e. The van der Waals surface area contributed by atoms with Crippen LogP contribution in [0, 0.1) is 16.0 Å². The van der Waals surface area contributed by atoms with E-state index in [1.165, 1.54) is 32.1 Å². The molecule has 0 saturated heterocycles. The average Bonchev–Trinajstić information content (AvgIpc) is 2.14. The predicted octanol–water partition coefficient (Wildman–Crippen LogP) is 0.817. The van der Waals surface area contributed by atoms with Crippen molar-refractivity contribution >= 4 is 11.7 Å². The summed E-state index contributed by atoms with van der Waals surface area (Å²) in [5, 5.41) is 13.3. The molecule has 0 fully saturated rings. The van der Waals surface area contributed by atoms with E-state index >= 15 is 0 Å². The Morgan fingerprint density at radius 3 is 2.47 bits per heavy atom. The number of allylic oxidation sites excluding steroid dienone is 1. The van der Waals surface area contributed by atoms with Gasteiger partial charge in [-0.3, -0.25) is 19.7 Å². The Bertz CT molecular complexity index is 439. The highest BCUT2D eigenvalue weighted by molar-refractivity contribution is 5.84. The van der Waals surface area contributed by atoms with Gasteiger partial charge in [-0.15, -0.1) is 0 Å². The Kier molecular flexibility index (Phi) is 3.45. The van der Waals surface area contributed by atoms with Crippen molar-refractivity contribution in [2.24, 2.45) is 5.92 Å². The van der Waals surface area contributed by atoms with Crippen LogP contribution in [0.2, 0.25) is 0 Å². The van der Waals surface area contributed by atoms with E-state index in [1.54, 1.807) is 6.92 Å². The summed E-state index contributed by atoms with van der Waals surface area (Å²) in [6.07, 6.45) is 4.05. The number of amides is 1. The Morgan fingerprint density at radius 1 is 1.47 bits per heavy atom. The van der Waals surface area contributed by atoms with Gasteiger partial charge in [0.15, 0.2) is 0 Å². The van der Waals surface area contributed by atoms with Gasteiger partial charge in [-0.1, -0.05) is 6.08 Å². The third-order valence-corrected chi connectivity index (χ3v) is 2.65. The van der Waals surface area contributed by atoms with Gasteiger partial charge in [0, 0.05) is 19.1 Å². The van der Waals surface area contributed by atoms with Gasteiger partial charge < -0.3 is 5.32 Å². The largest absolute Gasteiger partial charge is 0.346 e. The number of nitrogens with one attached hydrogen (secondary N) is 1. The summed E-state index contributed by atoms with van der Waals surface area (Å²) < 4.78 is 0. The van der Waals surface area contributed by atoms with Crippen molar-refractivity contribution in [2.45, 2.75) is 26.3 Å². The first-order valence-electron chi connectivity index (χ1n) is 5.11. The summed E-state index contributed by atoms with van der Waals surface area (Å²) in [4.78, 5) is 32.7. The van der Waals surface area contributed by atoms with Gasteiger partial charge in [-0.25, -0.2) is 0 Å². The minimum Gasteiger partial charge on any atom is -0.346 e. The fourth-order valence-corrected chi connectivity index (χ4v) is 2.00. The summed E-state index contributed by atoms with van der Waals surface area (Å²) in [5.41, 5.74) is -1.17. The molecule has 2 unspecified atom stereocenters. The minimum atomic E-state index is -1.05. The summed E-state index contributed by atoms with van der Waals surface area (Å²) >= 11 is 0. The molecule has 2 atom stereocenters. The molecule has 0 aromatic rings. The molecule has 6 nitrogen and oxygen atoms in total. The predicted molar refractivity (Wildman–Crippen MR) is 60.6 cm³/mol. The quantitative estimate of drug-likeness (QED) is 0.582. The van der Waals surface area contributed by atoms with Crippen LogP contribution >= 0.6 is 0 Å². The van der Waals surface area contributed by atoms with Crippen molar-refractivity contribution in [3.8, 4) is 0 Å². The van der Waals surface area contributed by atoms with Crippen molar-refractivity contribution in [1.29, 1.82) is 0 Å². The van der Waals surface area contributed by atoms with E-state index in [0.29, 0.717) is 0 Å². The molecular formula is C11H14N2O4. The summed E-state index contributed by atoms with van der Waals surface area (Å²) in [6, 6.07) is 0. The van der Waals surface area contributed by atoms with Crippen molar-refractivity contribution in [1.82, 2.24) is 5.32 Å². The zero-order valence-electron chi connectivity index (χ0n) is 9.89. The fraction of sp³-hybridized carbons (Fsp3) is 0.455. The van der Waals surface area contributed by atoms with Crippen LogP contribution in [0.1, 0.15) is 20.8 Å². The third-order valence-electron chi connectivity index (χ3n) is 2.65. The molecule has 92 valence electrons. The van der Waals surface area contributed by atoms with Gasteiger partial charge in [-0.05, 0) is 13.8 Å². The van der Waals surface area contributed by atoms with E-state index in [1.807, 2.05) is 0 Å². The number of carbonyl (C=O) groups is 2. The first-order valence-corrected chi connectivity index (χ1v) is 5.11. The van der Waals surface area contributed by atoms with Crippen molar-refractivity contribution < 1.29 is 14.5 Å². The maximum atomic E-state index is 11.5. The minimum absolute atomic E-state index is 0.126. The molecule has 1 aliphatic carbocycles. The molecule has 1 rings (SSSR count). The lowest BCUT2D eigenvalue weighted by atomic mass is 9.79. The fourth-order valence-electron chi connectivity index (χ4n) is 2.00. The Hall–Kier alpha value is -1.98. The Balaban J connectivity index is 3.16. The monoisotopic (exact) mass is 238 g/mol.